The van der Waals surface area contributed by atoms with E-state index in [4.69, 9.17) is 0 Å². The lowest BCUT2D eigenvalue weighted by atomic mass is 9.99. The zero-order valence-corrected chi connectivity index (χ0v) is 18.1. The van der Waals surface area contributed by atoms with Crippen molar-refractivity contribution >= 4 is 22.9 Å². The van der Waals surface area contributed by atoms with Crippen LogP contribution in [0.4, 0.5) is 5.69 Å². The molecule has 0 radical (unpaired) electrons. The zero-order valence-electron chi connectivity index (χ0n) is 17.3. The Bertz CT molecular complexity index is 1070. The second-order valence-corrected chi connectivity index (χ2v) is 8.20. The van der Waals surface area contributed by atoms with Gasteiger partial charge < -0.3 is 5.32 Å². The van der Waals surface area contributed by atoms with E-state index in [1.54, 1.807) is 0 Å². The van der Waals surface area contributed by atoms with Crippen LogP contribution in [0.1, 0.15) is 44.5 Å². The normalized spacial score (nSPS) is 10.9. The Balaban J connectivity index is 1.43. The number of nitrogens with one attached hydrogen (secondary N) is 2. The van der Waals surface area contributed by atoms with E-state index in [1.165, 1.54) is 28.0 Å². The third-order valence-electron chi connectivity index (χ3n) is 5.00. The standard InChI is InChI=1S/C25H24N4OS/c1-2-18-13-15-21(16-14-18)27-24(30)25-29-28-22(31-25)17-26-23(19-9-5-3-6-10-19)20-11-7-4-8-12-20/h3-16,23,26H,2,17H2,1H3,(H,27,30). The number of rotatable bonds is 8. The summed E-state index contributed by atoms with van der Waals surface area (Å²) in [6.45, 7) is 2.62. The van der Waals surface area contributed by atoms with Crippen molar-refractivity contribution in [2.45, 2.75) is 25.9 Å². The Morgan fingerprint density at radius 3 is 2.06 bits per heavy atom. The topological polar surface area (TPSA) is 66.9 Å². The molecule has 0 atom stereocenters. The number of aromatic nitrogens is 2. The van der Waals surface area contributed by atoms with E-state index in [9.17, 15) is 4.79 Å². The number of benzene rings is 3. The third kappa shape index (κ3) is 5.42. The maximum atomic E-state index is 12.5. The van der Waals surface area contributed by atoms with Crippen LogP contribution >= 0.6 is 11.3 Å². The molecule has 1 aromatic heterocycles. The van der Waals surface area contributed by atoms with Crippen LogP contribution in [0.3, 0.4) is 0 Å². The van der Waals surface area contributed by atoms with E-state index < -0.39 is 0 Å². The molecular formula is C25H24N4OS. The molecular weight excluding hydrogens is 404 g/mol. The van der Waals surface area contributed by atoms with E-state index in [0.29, 0.717) is 11.6 Å². The lowest BCUT2D eigenvalue weighted by Gasteiger charge is -2.19. The van der Waals surface area contributed by atoms with Crippen molar-refractivity contribution < 1.29 is 4.79 Å². The minimum atomic E-state index is -0.240. The number of anilines is 1. The third-order valence-corrected chi connectivity index (χ3v) is 5.93. The van der Waals surface area contributed by atoms with E-state index in [2.05, 4.69) is 52.0 Å². The molecule has 31 heavy (non-hydrogen) atoms. The van der Waals surface area contributed by atoms with Crippen molar-refractivity contribution in [2.24, 2.45) is 0 Å². The van der Waals surface area contributed by atoms with Crippen LogP contribution in [0.15, 0.2) is 84.9 Å². The average Bonchev–Trinajstić information content (AvgIpc) is 3.30. The fourth-order valence-electron chi connectivity index (χ4n) is 3.33. The Hall–Kier alpha value is -3.35. The number of hydrogen-bond donors (Lipinski definition) is 2. The summed E-state index contributed by atoms with van der Waals surface area (Å²) in [4.78, 5) is 12.5. The van der Waals surface area contributed by atoms with Crippen molar-refractivity contribution in [1.82, 2.24) is 15.5 Å². The Morgan fingerprint density at radius 2 is 1.48 bits per heavy atom. The van der Waals surface area contributed by atoms with Crippen molar-refractivity contribution in [2.75, 3.05) is 5.32 Å². The maximum absolute atomic E-state index is 12.5. The molecule has 0 aliphatic carbocycles. The highest BCUT2D eigenvalue weighted by Crippen LogP contribution is 2.23. The van der Waals surface area contributed by atoms with Crippen LogP contribution in [0.2, 0.25) is 0 Å². The summed E-state index contributed by atoms with van der Waals surface area (Å²) in [6, 6.07) is 28.4. The summed E-state index contributed by atoms with van der Waals surface area (Å²) in [5, 5.41) is 15.9. The minimum absolute atomic E-state index is 0.0284. The molecule has 0 aliphatic rings. The SMILES string of the molecule is CCc1ccc(NC(=O)c2nnc(CNC(c3ccccc3)c3ccccc3)s2)cc1. The quantitative estimate of drug-likeness (QED) is 0.403. The van der Waals surface area contributed by atoms with Crippen LogP contribution in [0.25, 0.3) is 0 Å². The summed E-state index contributed by atoms with van der Waals surface area (Å²) in [6.07, 6.45) is 0.966. The molecule has 0 saturated carbocycles. The summed E-state index contributed by atoms with van der Waals surface area (Å²) >= 11 is 1.30. The molecule has 1 amide bonds. The summed E-state index contributed by atoms with van der Waals surface area (Å²) < 4.78 is 0. The lowest BCUT2D eigenvalue weighted by Crippen LogP contribution is -2.21. The van der Waals surface area contributed by atoms with Gasteiger partial charge in [0.15, 0.2) is 0 Å². The highest BCUT2D eigenvalue weighted by molar-refractivity contribution is 7.13. The van der Waals surface area contributed by atoms with Crippen molar-refractivity contribution in [1.29, 1.82) is 0 Å². The average molecular weight is 429 g/mol. The largest absolute Gasteiger partial charge is 0.320 e. The fourth-order valence-corrected chi connectivity index (χ4v) is 4.02. The van der Waals surface area contributed by atoms with E-state index in [0.717, 1.165) is 17.1 Å². The molecule has 0 fully saturated rings. The Labute approximate surface area is 186 Å². The van der Waals surface area contributed by atoms with Gasteiger partial charge in [-0.25, -0.2) is 0 Å². The predicted octanol–water partition coefficient (Wildman–Crippen LogP) is 5.23. The second kappa shape index (κ2) is 10.1. The minimum Gasteiger partial charge on any atom is -0.320 e. The van der Waals surface area contributed by atoms with Crippen LogP contribution in [0.5, 0.6) is 0 Å². The maximum Gasteiger partial charge on any atom is 0.286 e. The Morgan fingerprint density at radius 1 is 0.871 bits per heavy atom. The molecule has 0 saturated heterocycles. The first-order valence-corrected chi connectivity index (χ1v) is 11.1. The van der Waals surface area contributed by atoms with Gasteiger partial charge in [0.2, 0.25) is 5.01 Å². The molecule has 1 heterocycles. The van der Waals surface area contributed by atoms with Crippen LogP contribution in [-0.2, 0) is 13.0 Å². The first-order chi connectivity index (χ1) is 15.2. The van der Waals surface area contributed by atoms with Gasteiger partial charge in [-0.3, -0.25) is 10.1 Å². The van der Waals surface area contributed by atoms with Gasteiger partial charge in [-0.2, -0.15) is 0 Å². The Kier molecular flexibility index (Phi) is 6.82. The monoisotopic (exact) mass is 428 g/mol. The van der Waals surface area contributed by atoms with Gasteiger partial charge >= 0.3 is 0 Å². The number of hydrogen-bond acceptors (Lipinski definition) is 5. The van der Waals surface area contributed by atoms with Crippen molar-refractivity contribution in [3.05, 3.63) is 112 Å². The van der Waals surface area contributed by atoms with Crippen molar-refractivity contribution in [3.63, 3.8) is 0 Å². The molecule has 0 spiro atoms. The molecule has 0 unspecified atom stereocenters. The van der Waals surface area contributed by atoms with E-state index >= 15 is 0 Å². The highest BCUT2D eigenvalue weighted by atomic mass is 32.1. The lowest BCUT2D eigenvalue weighted by molar-refractivity contribution is 0.102. The second-order valence-electron chi connectivity index (χ2n) is 7.14. The smallest absolute Gasteiger partial charge is 0.286 e. The highest BCUT2D eigenvalue weighted by Gasteiger charge is 2.16. The van der Waals surface area contributed by atoms with Gasteiger partial charge in [-0.15, -0.1) is 10.2 Å². The van der Waals surface area contributed by atoms with Crippen LogP contribution < -0.4 is 10.6 Å². The van der Waals surface area contributed by atoms with Gasteiger partial charge in [0.1, 0.15) is 5.01 Å². The van der Waals surface area contributed by atoms with Crippen molar-refractivity contribution in [3.8, 4) is 0 Å². The molecule has 4 aromatic rings. The first-order valence-electron chi connectivity index (χ1n) is 10.3. The number of amides is 1. The van der Waals surface area contributed by atoms with Crippen LogP contribution in [-0.4, -0.2) is 16.1 Å². The van der Waals surface area contributed by atoms with Gasteiger partial charge in [-0.1, -0.05) is 91.1 Å². The van der Waals surface area contributed by atoms with E-state index in [1.807, 2.05) is 60.7 Å². The van der Waals surface area contributed by atoms with Gasteiger partial charge in [0.25, 0.3) is 5.91 Å². The molecule has 5 nitrogen and oxygen atoms in total. The number of nitrogens with zero attached hydrogens (tertiary/aromatic N) is 2. The predicted molar refractivity (Wildman–Crippen MR) is 125 cm³/mol. The van der Waals surface area contributed by atoms with E-state index in [-0.39, 0.29) is 11.9 Å². The molecule has 0 aliphatic heterocycles. The van der Waals surface area contributed by atoms with Gasteiger partial charge in [0.05, 0.1) is 12.6 Å². The molecule has 3 aromatic carbocycles. The van der Waals surface area contributed by atoms with Crippen LogP contribution in [0, 0.1) is 0 Å². The summed E-state index contributed by atoms with van der Waals surface area (Å²) in [5.74, 6) is -0.240. The molecule has 2 N–H and O–H groups in total. The first kappa shape index (κ1) is 20.9. The zero-order chi connectivity index (χ0) is 21.5. The number of aryl methyl sites for hydroxylation is 1. The molecule has 156 valence electrons. The molecule has 6 heteroatoms. The molecule has 0 bridgehead atoms. The molecule has 4 rings (SSSR count). The summed E-state index contributed by atoms with van der Waals surface area (Å²) in [5.41, 5.74) is 4.33. The van der Waals surface area contributed by atoms with Gasteiger partial charge in [0, 0.05) is 5.69 Å². The van der Waals surface area contributed by atoms with Gasteiger partial charge in [-0.05, 0) is 35.2 Å². The number of carbonyl (C=O) groups excluding carboxylic acids is 1. The summed E-state index contributed by atoms with van der Waals surface area (Å²) in [7, 11) is 0. The fraction of sp³-hybridized carbons (Fsp3) is 0.160. The number of carbonyl (C=O) groups is 1.